The van der Waals surface area contributed by atoms with Crippen molar-refractivity contribution in [3.8, 4) is 5.75 Å². The summed E-state index contributed by atoms with van der Waals surface area (Å²) < 4.78 is 20.5. The lowest BCUT2D eigenvalue weighted by Gasteiger charge is -2.10. The average molecular weight is 261 g/mol. The lowest BCUT2D eigenvalue weighted by atomic mass is 10.2. The molecular formula is C15H18FN2O+. The van der Waals surface area contributed by atoms with E-state index in [4.69, 9.17) is 4.74 Å². The molecule has 0 unspecified atom stereocenters. The van der Waals surface area contributed by atoms with Gasteiger partial charge >= 0.3 is 0 Å². The van der Waals surface area contributed by atoms with Gasteiger partial charge in [0.15, 0.2) is 30.5 Å². The van der Waals surface area contributed by atoms with Crippen LogP contribution in [0.5, 0.6) is 5.75 Å². The lowest BCUT2D eigenvalue weighted by molar-refractivity contribution is -0.688. The van der Waals surface area contributed by atoms with Gasteiger partial charge in [-0.1, -0.05) is 0 Å². The average Bonchev–Trinajstić information content (AvgIpc) is 2.39. The molecule has 0 aliphatic rings. The maximum absolute atomic E-state index is 13.6. The van der Waals surface area contributed by atoms with Crippen molar-refractivity contribution in [2.75, 3.05) is 26.1 Å². The van der Waals surface area contributed by atoms with Crippen molar-refractivity contribution in [2.24, 2.45) is 0 Å². The first-order valence-corrected chi connectivity index (χ1v) is 6.09. The highest BCUT2D eigenvalue weighted by molar-refractivity contribution is 5.41. The number of halogens is 1. The van der Waals surface area contributed by atoms with Crippen LogP contribution in [0.15, 0.2) is 42.7 Å². The second kappa shape index (κ2) is 5.69. The smallest absolute Gasteiger partial charge is 0.173 e. The van der Waals surface area contributed by atoms with Crippen LogP contribution in [0.1, 0.15) is 5.56 Å². The van der Waals surface area contributed by atoms with Crippen LogP contribution in [0.3, 0.4) is 0 Å². The van der Waals surface area contributed by atoms with E-state index in [-0.39, 0.29) is 11.6 Å². The third-order valence-corrected chi connectivity index (χ3v) is 2.97. The number of hydrogen-bond donors (Lipinski definition) is 0. The summed E-state index contributed by atoms with van der Waals surface area (Å²) in [4.78, 5) is 2.04. The van der Waals surface area contributed by atoms with Gasteiger partial charge in [0, 0.05) is 37.5 Å². The molecule has 3 nitrogen and oxygen atoms in total. The zero-order chi connectivity index (χ0) is 13.8. The number of nitrogens with zero attached hydrogens (tertiary/aromatic N) is 2. The number of rotatable bonds is 4. The fourth-order valence-corrected chi connectivity index (χ4v) is 1.87. The highest BCUT2D eigenvalue weighted by Crippen LogP contribution is 2.17. The first kappa shape index (κ1) is 13.3. The maximum Gasteiger partial charge on any atom is 0.173 e. The predicted molar refractivity (Wildman–Crippen MR) is 73.0 cm³/mol. The summed E-state index contributed by atoms with van der Waals surface area (Å²) in [6.45, 7) is 0.634. The first-order valence-electron chi connectivity index (χ1n) is 6.09. The van der Waals surface area contributed by atoms with Gasteiger partial charge in [-0.3, -0.25) is 0 Å². The van der Waals surface area contributed by atoms with E-state index in [1.54, 1.807) is 6.07 Å². The van der Waals surface area contributed by atoms with Gasteiger partial charge in [-0.2, -0.15) is 0 Å². The summed E-state index contributed by atoms with van der Waals surface area (Å²) in [5, 5.41) is 0. The Morgan fingerprint density at radius 1 is 1.16 bits per heavy atom. The summed E-state index contributed by atoms with van der Waals surface area (Å²) in [6, 6.07) is 9.08. The van der Waals surface area contributed by atoms with E-state index in [0.717, 1.165) is 11.3 Å². The third kappa shape index (κ3) is 3.22. The van der Waals surface area contributed by atoms with E-state index in [1.165, 1.54) is 13.2 Å². The molecule has 0 amide bonds. The molecule has 0 aliphatic heterocycles. The predicted octanol–water partition coefficient (Wildman–Crippen LogP) is 2.24. The minimum atomic E-state index is -0.328. The Bertz CT molecular complexity index is 553. The summed E-state index contributed by atoms with van der Waals surface area (Å²) in [5.74, 6) is -0.0535. The van der Waals surface area contributed by atoms with Gasteiger partial charge in [-0.25, -0.2) is 8.96 Å². The molecule has 0 fully saturated rings. The molecule has 1 heterocycles. The van der Waals surface area contributed by atoms with E-state index in [1.807, 2.05) is 54.2 Å². The van der Waals surface area contributed by atoms with E-state index < -0.39 is 0 Å². The number of aromatic nitrogens is 1. The van der Waals surface area contributed by atoms with Crippen LogP contribution in [-0.4, -0.2) is 21.2 Å². The van der Waals surface area contributed by atoms with Gasteiger partial charge in [0.25, 0.3) is 0 Å². The van der Waals surface area contributed by atoms with Crippen molar-refractivity contribution in [3.63, 3.8) is 0 Å². The summed E-state index contributed by atoms with van der Waals surface area (Å²) in [6.07, 6.45) is 3.97. The van der Waals surface area contributed by atoms with Gasteiger partial charge in [0.2, 0.25) is 0 Å². The molecule has 1 aromatic heterocycles. The summed E-state index contributed by atoms with van der Waals surface area (Å²) >= 11 is 0. The Hall–Kier alpha value is -2.10. The fourth-order valence-electron chi connectivity index (χ4n) is 1.87. The van der Waals surface area contributed by atoms with Crippen molar-refractivity contribution in [3.05, 3.63) is 54.1 Å². The molecule has 0 atom stereocenters. The van der Waals surface area contributed by atoms with Gasteiger partial charge in [-0.15, -0.1) is 0 Å². The minimum Gasteiger partial charge on any atom is -0.494 e. The molecular weight excluding hydrogens is 243 g/mol. The van der Waals surface area contributed by atoms with Crippen LogP contribution in [-0.2, 0) is 6.54 Å². The highest BCUT2D eigenvalue weighted by Gasteiger charge is 2.08. The molecule has 0 saturated heterocycles. The summed E-state index contributed by atoms with van der Waals surface area (Å²) in [7, 11) is 5.46. The fraction of sp³-hybridized carbons (Fsp3) is 0.267. The van der Waals surface area contributed by atoms with Crippen molar-refractivity contribution < 1.29 is 13.7 Å². The minimum absolute atomic E-state index is 0.275. The van der Waals surface area contributed by atoms with Crippen molar-refractivity contribution in [1.82, 2.24) is 0 Å². The van der Waals surface area contributed by atoms with Crippen LogP contribution in [0.25, 0.3) is 0 Å². The monoisotopic (exact) mass is 261 g/mol. The van der Waals surface area contributed by atoms with Crippen molar-refractivity contribution in [2.45, 2.75) is 6.54 Å². The molecule has 0 saturated carbocycles. The van der Waals surface area contributed by atoms with Crippen LogP contribution < -0.4 is 14.2 Å². The molecule has 0 aliphatic carbocycles. The molecule has 2 rings (SSSR count). The maximum atomic E-state index is 13.6. The van der Waals surface area contributed by atoms with Crippen LogP contribution in [0, 0.1) is 5.82 Å². The molecule has 19 heavy (non-hydrogen) atoms. The number of methoxy groups -OCH3 is 1. The van der Waals surface area contributed by atoms with E-state index in [9.17, 15) is 4.39 Å². The number of pyridine rings is 1. The quantitative estimate of drug-likeness (QED) is 0.785. The second-order valence-electron chi connectivity index (χ2n) is 4.59. The number of anilines is 1. The third-order valence-electron chi connectivity index (χ3n) is 2.97. The molecule has 0 spiro atoms. The number of hydrogen-bond acceptors (Lipinski definition) is 2. The lowest BCUT2D eigenvalue weighted by Crippen LogP contribution is -2.33. The van der Waals surface area contributed by atoms with Gasteiger partial charge in [-0.05, 0) is 18.2 Å². The Labute approximate surface area is 112 Å². The second-order valence-corrected chi connectivity index (χ2v) is 4.59. The number of benzene rings is 1. The number of ether oxygens (including phenoxy) is 1. The largest absolute Gasteiger partial charge is 0.494 e. The normalized spacial score (nSPS) is 10.3. The zero-order valence-electron chi connectivity index (χ0n) is 11.4. The Morgan fingerprint density at radius 3 is 2.37 bits per heavy atom. The zero-order valence-corrected chi connectivity index (χ0v) is 11.4. The van der Waals surface area contributed by atoms with Gasteiger partial charge in [0.05, 0.1) is 7.11 Å². The molecule has 0 bridgehead atoms. The van der Waals surface area contributed by atoms with Crippen LogP contribution >= 0.6 is 0 Å². The highest BCUT2D eigenvalue weighted by atomic mass is 19.1. The van der Waals surface area contributed by atoms with E-state index >= 15 is 0 Å². The molecule has 1 aromatic carbocycles. The Kier molecular flexibility index (Phi) is 4.00. The molecule has 4 heteroatoms. The van der Waals surface area contributed by atoms with Crippen molar-refractivity contribution >= 4 is 5.69 Å². The van der Waals surface area contributed by atoms with Gasteiger partial charge in [0.1, 0.15) is 0 Å². The Morgan fingerprint density at radius 2 is 1.84 bits per heavy atom. The molecule has 100 valence electrons. The van der Waals surface area contributed by atoms with Crippen LogP contribution in [0.4, 0.5) is 10.1 Å². The topological polar surface area (TPSA) is 16.4 Å². The summed E-state index contributed by atoms with van der Waals surface area (Å²) in [5.41, 5.74) is 2.04. The standard InChI is InChI=1S/C15H18FN2O/c1-17(2)13-6-8-18(9-7-13)11-12-4-5-15(19-3)14(16)10-12/h4-10H,11H2,1-3H3/q+1. The molecule has 0 N–H and O–H groups in total. The Balaban J connectivity index is 2.14. The SMILES string of the molecule is COc1ccc(C[n+]2ccc(N(C)C)cc2)cc1F. The molecule has 0 radical (unpaired) electrons. The molecule has 2 aromatic rings. The van der Waals surface area contributed by atoms with Crippen molar-refractivity contribution in [1.29, 1.82) is 0 Å². The first-order chi connectivity index (χ1) is 9.10. The van der Waals surface area contributed by atoms with E-state index in [2.05, 4.69) is 0 Å². The van der Waals surface area contributed by atoms with E-state index in [0.29, 0.717) is 6.54 Å². The van der Waals surface area contributed by atoms with Gasteiger partial charge < -0.3 is 9.64 Å². The van der Waals surface area contributed by atoms with Crippen LogP contribution in [0.2, 0.25) is 0 Å².